The average molecular weight is 505 g/mol. The molecule has 0 saturated heterocycles. The molecule has 0 radical (unpaired) electrons. The summed E-state index contributed by atoms with van der Waals surface area (Å²) < 4.78 is 6.35. The quantitative estimate of drug-likeness (QED) is 0.355. The van der Waals surface area contributed by atoms with Gasteiger partial charge < -0.3 is 20.3 Å². The van der Waals surface area contributed by atoms with E-state index in [2.05, 4.69) is 21.2 Å². The molecule has 5 nitrogen and oxygen atoms in total. The lowest BCUT2D eigenvalue weighted by Crippen LogP contribution is -2.20. The van der Waals surface area contributed by atoms with Gasteiger partial charge in [0.1, 0.15) is 17.2 Å². The molecular weight excluding hydrogens is 482 g/mol. The molecule has 0 aliphatic rings. The molecule has 31 heavy (non-hydrogen) atoms. The van der Waals surface area contributed by atoms with Gasteiger partial charge in [-0.3, -0.25) is 4.79 Å². The average Bonchev–Trinajstić information content (AvgIpc) is 2.70. The first-order valence-corrected chi connectivity index (χ1v) is 10.9. The molecule has 0 atom stereocenters. The molecule has 3 aromatic carbocycles. The smallest absolute Gasteiger partial charge is 0.262 e. The van der Waals surface area contributed by atoms with E-state index in [-0.39, 0.29) is 29.9 Å². The minimum Gasteiger partial charge on any atom is -0.508 e. The van der Waals surface area contributed by atoms with E-state index in [0.717, 1.165) is 21.2 Å². The molecule has 0 saturated carbocycles. The summed E-state index contributed by atoms with van der Waals surface area (Å²) in [7, 11) is 0. The monoisotopic (exact) mass is 503 g/mol. The number of ether oxygens (including phenoxy) is 1. The van der Waals surface area contributed by atoms with Crippen molar-refractivity contribution in [2.75, 3.05) is 11.9 Å². The number of aromatic hydroxyl groups is 2. The number of phenols is 2. The molecule has 3 aromatic rings. The number of carbonyl (C=O) groups excluding carboxylic acids is 1. The van der Waals surface area contributed by atoms with Crippen molar-refractivity contribution in [1.82, 2.24) is 0 Å². The fraction of sp³-hybridized carbons (Fsp3) is 0.208. The van der Waals surface area contributed by atoms with E-state index in [1.165, 1.54) is 12.1 Å². The van der Waals surface area contributed by atoms with Crippen molar-refractivity contribution in [2.45, 2.75) is 26.2 Å². The standard InChI is InChI=1S/C24H23BrClNO4/c1-14(2)19-8-15(6-7-23(19)29)9-20-21(25)11-18(12-22(20)26)31-13-24(30)27-16-4-3-5-17(28)10-16/h3-8,10-12,14,28-29H,9,13H2,1-2H3,(H,27,30). The third-order valence-corrected chi connectivity index (χ3v) is 5.75. The maximum Gasteiger partial charge on any atom is 0.262 e. The lowest BCUT2D eigenvalue weighted by Gasteiger charge is -2.14. The molecule has 1 amide bonds. The highest BCUT2D eigenvalue weighted by atomic mass is 79.9. The number of nitrogens with one attached hydrogen (secondary N) is 1. The Morgan fingerprint density at radius 1 is 1.13 bits per heavy atom. The van der Waals surface area contributed by atoms with Gasteiger partial charge in [0.05, 0.1) is 0 Å². The topological polar surface area (TPSA) is 78.8 Å². The largest absolute Gasteiger partial charge is 0.508 e. The van der Waals surface area contributed by atoms with Crippen molar-refractivity contribution in [1.29, 1.82) is 0 Å². The number of carbonyl (C=O) groups is 1. The molecule has 0 fully saturated rings. The zero-order valence-electron chi connectivity index (χ0n) is 17.2. The predicted molar refractivity (Wildman–Crippen MR) is 126 cm³/mol. The van der Waals surface area contributed by atoms with Gasteiger partial charge in [-0.15, -0.1) is 0 Å². The highest BCUT2D eigenvalue weighted by molar-refractivity contribution is 9.10. The van der Waals surface area contributed by atoms with E-state index < -0.39 is 0 Å². The van der Waals surface area contributed by atoms with Crippen LogP contribution in [0.15, 0.2) is 59.1 Å². The van der Waals surface area contributed by atoms with Crippen LogP contribution in [0.25, 0.3) is 0 Å². The summed E-state index contributed by atoms with van der Waals surface area (Å²) in [5.74, 6) is 0.670. The van der Waals surface area contributed by atoms with Gasteiger partial charge >= 0.3 is 0 Å². The third-order valence-electron chi connectivity index (χ3n) is 4.71. The number of halogens is 2. The minimum atomic E-state index is -0.354. The van der Waals surface area contributed by atoms with Gasteiger partial charge in [0.25, 0.3) is 5.91 Å². The second-order valence-corrected chi connectivity index (χ2v) is 8.74. The highest BCUT2D eigenvalue weighted by Gasteiger charge is 2.13. The first kappa shape index (κ1) is 23.0. The summed E-state index contributed by atoms with van der Waals surface area (Å²) in [5.41, 5.74) is 3.29. The number of rotatable bonds is 7. The number of hydrogen-bond donors (Lipinski definition) is 3. The molecule has 7 heteroatoms. The molecular formula is C24H23BrClNO4. The van der Waals surface area contributed by atoms with Crippen LogP contribution in [0.2, 0.25) is 5.02 Å². The number of phenolic OH excluding ortho intramolecular Hbond substituents is 2. The van der Waals surface area contributed by atoms with Gasteiger partial charge in [-0.25, -0.2) is 0 Å². The SMILES string of the molecule is CC(C)c1cc(Cc2c(Cl)cc(OCC(=O)Nc3cccc(O)c3)cc2Br)ccc1O. The van der Waals surface area contributed by atoms with Crippen LogP contribution < -0.4 is 10.1 Å². The Labute approximate surface area is 194 Å². The van der Waals surface area contributed by atoms with Gasteiger partial charge in [-0.05, 0) is 52.9 Å². The molecule has 162 valence electrons. The van der Waals surface area contributed by atoms with Crippen LogP contribution in [0.3, 0.4) is 0 Å². The second-order valence-electron chi connectivity index (χ2n) is 7.48. The summed E-state index contributed by atoms with van der Waals surface area (Å²) in [6.07, 6.45) is 0.581. The van der Waals surface area contributed by atoms with Crippen LogP contribution in [-0.4, -0.2) is 22.7 Å². The van der Waals surface area contributed by atoms with Crippen LogP contribution in [0, 0.1) is 0 Å². The molecule has 0 aliphatic heterocycles. The lowest BCUT2D eigenvalue weighted by molar-refractivity contribution is -0.118. The molecule has 0 bridgehead atoms. The van der Waals surface area contributed by atoms with E-state index in [1.807, 2.05) is 26.0 Å². The fourth-order valence-corrected chi connectivity index (χ4v) is 4.11. The Morgan fingerprint density at radius 3 is 2.58 bits per heavy atom. The van der Waals surface area contributed by atoms with E-state index in [1.54, 1.807) is 30.3 Å². The first-order valence-electron chi connectivity index (χ1n) is 9.74. The van der Waals surface area contributed by atoms with Crippen LogP contribution in [0.5, 0.6) is 17.2 Å². The summed E-state index contributed by atoms with van der Waals surface area (Å²) in [5, 5.41) is 22.7. The number of anilines is 1. The summed E-state index contributed by atoms with van der Waals surface area (Å²) in [6.45, 7) is 3.86. The Morgan fingerprint density at radius 2 is 1.90 bits per heavy atom. The molecule has 0 aromatic heterocycles. The Kier molecular flexibility index (Phi) is 7.46. The highest BCUT2D eigenvalue weighted by Crippen LogP contribution is 2.34. The van der Waals surface area contributed by atoms with E-state index in [4.69, 9.17) is 16.3 Å². The number of amides is 1. The normalized spacial score (nSPS) is 10.9. The van der Waals surface area contributed by atoms with Gasteiger partial charge in [0, 0.05) is 27.7 Å². The summed E-state index contributed by atoms with van der Waals surface area (Å²) >= 11 is 10.0. The van der Waals surface area contributed by atoms with Crippen molar-refractivity contribution >= 4 is 39.1 Å². The lowest BCUT2D eigenvalue weighted by atomic mass is 9.96. The molecule has 3 rings (SSSR count). The van der Waals surface area contributed by atoms with Crippen molar-refractivity contribution in [3.63, 3.8) is 0 Å². The van der Waals surface area contributed by atoms with Crippen molar-refractivity contribution in [3.8, 4) is 17.2 Å². The van der Waals surface area contributed by atoms with Gasteiger partial charge in [0.2, 0.25) is 0 Å². The number of hydrogen-bond acceptors (Lipinski definition) is 4. The zero-order valence-corrected chi connectivity index (χ0v) is 19.5. The van der Waals surface area contributed by atoms with Gasteiger partial charge in [0.15, 0.2) is 6.61 Å². The Hall–Kier alpha value is -2.70. The second kappa shape index (κ2) is 10.1. The fourth-order valence-electron chi connectivity index (χ4n) is 3.14. The third kappa shape index (κ3) is 6.15. The van der Waals surface area contributed by atoms with Gasteiger partial charge in [-0.1, -0.05) is 59.6 Å². The molecule has 0 aliphatic carbocycles. The van der Waals surface area contributed by atoms with Crippen LogP contribution >= 0.6 is 27.5 Å². The van der Waals surface area contributed by atoms with Crippen LogP contribution in [-0.2, 0) is 11.2 Å². The maximum absolute atomic E-state index is 12.1. The van der Waals surface area contributed by atoms with Crippen molar-refractivity contribution in [3.05, 3.63) is 80.8 Å². The summed E-state index contributed by atoms with van der Waals surface area (Å²) in [4.78, 5) is 12.1. The molecule has 3 N–H and O–H groups in total. The zero-order chi connectivity index (χ0) is 22.5. The summed E-state index contributed by atoms with van der Waals surface area (Å²) in [6, 6.07) is 15.3. The molecule has 0 spiro atoms. The van der Waals surface area contributed by atoms with E-state index in [0.29, 0.717) is 22.9 Å². The molecule has 0 heterocycles. The number of benzene rings is 3. The Bertz CT molecular complexity index is 1080. The van der Waals surface area contributed by atoms with Crippen LogP contribution in [0.4, 0.5) is 5.69 Å². The van der Waals surface area contributed by atoms with Gasteiger partial charge in [-0.2, -0.15) is 0 Å². The minimum absolute atomic E-state index is 0.0687. The van der Waals surface area contributed by atoms with Crippen LogP contribution in [0.1, 0.15) is 36.5 Å². The Balaban J connectivity index is 1.67. The van der Waals surface area contributed by atoms with Crippen molar-refractivity contribution in [2.24, 2.45) is 0 Å². The van der Waals surface area contributed by atoms with E-state index in [9.17, 15) is 15.0 Å². The van der Waals surface area contributed by atoms with E-state index >= 15 is 0 Å². The van der Waals surface area contributed by atoms with Crippen molar-refractivity contribution < 1.29 is 19.7 Å². The first-order chi connectivity index (χ1) is 14.7. The molecule has 0 unspecified atom stereocenters. The maximum atomic E-state index is 12.1. The predicted octanol–water partition coefficient (Wildman–Crippen LogP) is 6.25.